The smallest absolute Gasteiger partial charge is 0.298 e. The van der Waals surface area contributed by atoms with Crippen LogP contribution in [0, 0.1) is 0 Å². The van der Waals surface area contributed by atoms with E-state index in [1.165, 1.54) is 0 Å². The molecule has 76 valence electrons. The monoisotopic (exact) mass is 204 g/mol. The molecule has 0 aliphatic heterocycles. The van der Waals surface area contributed by atoms with Gasteiger partial charge in [-0.1, -0.05) is 0 Å². The van der Waals surface area contributed by atoms with Gasteiger partial charge < -0.3 is 0 Å². The second-order valence-corrected chi connectivity index (χ2v) is 3.29. The van der Waals surface area contributed by atoms with Crippen LogP contribution in [0.4, 0.5) is 13.2 Å². The Morgan fingerprint density at radius 1 is 1.43 bits per heavy atom. The summed E-state index contributed by atoms with van der Waals surface area (Å²) >= 11 is 0. The van der Waals surface area contributed by atoms with Gasteiger partial charge in [0.2, 0.25) is 0 Å². The molecule has 0 radical (unpaired) electrons. The maximum Gasteiger partial charge on any atom is 0.435 e. The van der Waals surface area contributed by atoms with E-state index >= 15 is 0 Å². The molecule has 1 aromatic heterocycles. The third-order valence-corrected chi connectivity index (χ3v) is 2.21. The lowest BCUT2D eigenvalue weighted by molar-refractivity contribution is -0.141. The van der Waals surface area contributed by atoms with Crippen molar-refractivity contribution in [2.24, 2.45) is 0 Å². The summed E-state index contributed by atoms with van der Waals surface area (Å²) in [7, 11) is 0. The van der Waals surface area contributed by atoms with E-state index in [9.17, 15) is 18.0 Å². The zero-order valence-electron chi connectivity index (χ0n) is 7.06. The zero-order chi connectivity index (χ0) is 10.3. The Bertz CT molecular complexity index is 365. The first-order valence-electron chi connectivity index (χ1n) is 4.14. The fourth-order valence-electron chi connectivity index (χ4n) is 1.38. The van der Waals surface area contributed by atoms with Crippen LogP contribution in [0.25, 0.3) is 0 Å². The number of carbonyl (C=O) groups excluding carboxylic acids is 1. The molecule has 3 nitrogen and oxygen atoms in total. The van der Waals surface area contributed by atoms with Crippen molar-refractivity contribution in [3.05, 3.63) is 17.0 Å². The SMILES string of the molecule is O=Cc1c(C(F)(F)F)n[nH]c1C1CC1. The molecule has 1 aliphatic carbocycles. The van der Waals surface area contributed by atoms with Crippen LogP contribution in [-0.2, 0) is 6.18 Å². The second-order valence-electron chi connectivity index (χ2n) is 3.29. The summed E-state index contributed by atoms with van der Waals surface area (Å²) in [6, 6.07) is 0. The van der Waals surface area contributed by atoms with Gasteiger partial charge in [0, 0.05) is 11.6 Å². The third-order valence-electron chi connectivity index (χ3n) is 2.21. The summed E-state index contributed by atoms with van der Waals surface area (Å²) in [5.74, 6) is 0.0544. The Kier molecular flexibility index (Phi) is 1.87. The van der Waals surface area contributed by atoms with E-state index < -0.39 is 11.9 Å². The van der Waals surface area contributed by atoms with Gasteiger partial charge in [0.1, 0.15) is 0 Å². The molecule has 1 aliphatic rings. The highest BCUT2D eigenvalue weighted by atomic mass is 19.4. The molecule has 1 fully saturated rings. The molecular formula is C8H7F3N2O. The van der Waals surface area contributed by atoms with E-state index in [4.69, 9.17) is 0 Å². The van der Waals surface area contributed by atoms with E-state index in [0.717, 1.165) is 12.8 Å². The van der Waals surface area contributed by atoms with Gasteiger partial charge in [-0.05, 0) is 12.8 Å². The minimum Gasteiger partial charge on any atom is -0.298 e. The van der Waals surface area contributed by atoms with Gasteiger partial charge in [0.05, 0.1) is 5.56 Å². The van der Waals surface area contributed by atoms with Crippen molar-refractivity contribution in [1.82, 2.24) is 10.2 Å². The van der Waals surface area contributed by atoms with E-state index in [1.54, 1.807) is 0 Å². The quantitative estimate of drug-likeness (QED) is 0.750. The number of aldehydes is 1. The van der Waals surface area contributed by atoms with E-state index in [-0.39, 0.29) is 17.8 Å². The molecule has 14 heavy (non-hydrogen) atoms. The van der Waals surface area contributed by atoms with E-state index in [1.807, 2.05) is 0 Å². The van der Waals surface area contributed by atoms with Crippen LogP contribution in [0.5, 0.6) is 0 Å². The van der Waals surface area contributed by atoms with Gasteiger partial charge in [-0.25, -0.2) is 0 Å². The number of aromatic amines is 1. The number of hydrogen-bond donors (Lipinski definition) is 1. The first kappa shape index (κ1) is 9.23. The maximum atomic E-state index is 12.3. The van der Waals surface area contributed by atoms with Gasteiger partial charge in [0.25, 0.3) is 0 Å². The molecule has 0 amide bonds. The lowest BCUT2D eigenvalue weighted by atomic mass is 10.1. The van der Waals surface area contributed by atoms with Crippen LogP contribution in [0.2, 0.25) is 0 Å². The summed E-state index contributed by atoms with van der Waals surface area (Å²) in [5.41, 5.74) is -1.11. The standard InChI is InChI=1S/C8H7F3N2O/c9-8(10,11)7-5(3-14)6(12-13-7)4-1-2-4/h3-4H,1-2H2,(H,12,13). The minimum absolute atomic E-state index is 0.0544. The van der Waals surface area contributed by atoms with Crippen LogP contribution in [0.15, 0.2) is 0 Å². The number of aromatic nitrogens is 2. The van der Waals surface area contributed by atoms with Gasteiger partial charge in [-0.2, -0.15) is 18.3 Å². The molecule has 1 aromatic rings. The first-order chi connectivity index (χ1) is 6.54. The van der Waals surface area contributed by atoms with Crippen molar-refractivity contribution in [3.8, 4) is 0 Å². The van der Waals surface area contributed by atoms with Crippen LogP contribution in [0.3, 0.4) is 0 Å². The Balaban J connectivity index is 2.46. The number of halogens is 3. The van der Waals surface area contributed by atoms with Crippen LogP contribution in [-0.4, -0.2) is 16.5 Å². The van der Waals surface area contributed by atoms with Gasteiger partial charge in [0.15, 0.2) is 12.0 Å². The van der Waals surface area contributed by atoms with Crippen molar-refractivity contribution >= 4 is 6.29 Å². The van der Waals surface area contributed by atoms with Crippen molar-refractivity contribution in [2.75, 3.05) is 0 Å². The topological polar surface area (TPSA) is 45.8 Å². The first-order valence-corrected chi connectivity index (χ1v) is 4.14. The van der Waals surface area contributed by atoms with Gasteiger partial charge in [-0.15, -0.1) is 0 Å². The van der Waals surface area contributed by atoms with E-state index in [2.05, 4.69) is 10.2 Å². The molecule has 6 heteroatoms. The average Bonchev–Trinajstić information content (AvgIpc) is 2.82. The lowest BCUT2D eigenvalue weighted by Gasteiger charge is -2.02. The van der Waals surface area contributed by atoms with Crippen LogP contribution < -0.4 is 0 Å². The summed E-state index contributed by atoms with van der Waals surface area (Å²) < 4.78 is 36.9. The van der Waals surface area contributed by atoms with Crippen molar-refractivity contribution in [1.29, 1.82) is 0 Å². The summed E-state index contributed by atoms with van der Waals surface area (Å²) in [6.07, 6.45) is -2.69. The predicted molar refractivity (Wildman–Crippen MR) is 41.0 cm³/mol. The van der Waals surface area contributed by atoms with Crippen molar-refractivity contribution in [2.45, 2.75) is 24.9 Å². The fourth-order valence-corrected chi connectivity index (χ4v) is 1.38. The largest absolute Gasteiger partial charge is 0.435 e. The Morgan fingerprint density at radius 3 is 2.50 bits per heavy atom. The minimum atomic E-state index is -4.56. The zero-order valence-corrected chi connectivity index (χ0v) is 7.06. The highest BCUT2D eigenvalue weighted by Gasteiger charge is 2.40. The number of nitrogens with one attached hydrogen (secondary N) is 1. The summed E-state index contributed by atoms with van der Waals surface area (Å²) in [4.78, 5) is 10.5. The second kappa shape index (κ2) is 2.83. The fraction of sp³-hybridized carbons (Fsp3) is 0.500. The molecule has 0 aromatic carbocycles. The summed E-state index contributed by atoms with van der Waals surface area (Å²) in [5, 5.41) is 5.43. The number of carbonyl (C=O) groups is 1. The molecule has 1 saturated carbocycles. The Labute approximate surface area is 77.3 Å². The highest BCUT2D eigenvalue weighted by molar-refractivity contribution is 5.79. The third kappa shape index (κ3) is 1.40. The predicted octanol–water partition coefficient (Wildman–Crippen LogP) is 2.12. The van der Waals surface area contributed by atoms with Crippen molar-refractivity contribution < 1.29 is 18.0 Å². The lowest BCUT2D eigenvalue weighted by Crippen LogP contribution is -2.08. The van der Waals surface area contributed by atoms with Crippen LogP contribution in [0.1, 0.15) is 40.5 Å². The number of nitrogens with zero attached hydrogens (tertiary/aromatic N) is 1. The summed E-state index contributed by atoms with van der Waals surface area (Å²) in [6.45, 7) is 0. The maximum absolute atomic E-state index is 12.3. The van der Waals surface area contributed by atoms with Gasteiger partial charge in [-0.3, -0.25) is 9.89 Å². The molecule has 0 unspecified atom stereocenters. The molecule has 0 saturated heterocycles. The van der Waals surface area contributed by atoms with Crippen LogP contribution >= 0.6 is 0 Å². The average molecular weight is 204 g/mol. The molecule has 1 heterocycles. The Hall–Kier alpha value is -1.33. The molecular weight excluding hydrogens is 197 g/mol. The Morgan fingerprint density at radius 2 is 2.07 bits per heavy atom. The van der Waals surface area contributed by atoms with Gasteiger partial charge >= 0.3 is 6.18 Å². The number of H-pyrrole nitrogens is 1. The molecule has 0 bridgehead atoms. The van der Waals surface area contributed by atoms with Crippen molar-refractivity contribution in [3.63, 3.8) is 0 Å². The molecule has 2 rings (SSSR count). The number of hydrogen-bond acceptors (Lipinski definition) is 2. The highest BCUT2D eigenvalue weighted by Crippen LogP contribution is 2.42. The normalized spacial score (nSPS) is 17.1. The molecule has 0 spiro atoms. The molecule has 0 atom stereocenters. The number of rotatable bonds is 2. The molecule has 1 N–H and O–H groups in total. The number of alkyl halides is 3. The van der Waals surface area contributed by atoms with E-state index in [0.29, 0.717) is 5.69 Å².